The van der Waals surface area contributed by atoms with Crippen molar-refractivity contribution >= 4 is 23.7 Å². The number of esters is 1. The zero-order valence-electron chi connectivity index (χ0n) is 17.9. The van der Waals surface area contributed by atoms with Crippen LogP contribution < -0.4 is 0 Å². The number of carbonyl (C=O) groups excluding carboxylic acids is 2. The fourth-order valence-electron chi connectivity index (χ4n) is 2.52. The molecule has 0 aliphatic rings. The number of carbonyl (C=O) groups is 2. The van der Waals surface area contributed by atoms with E-state index in [2.05, 4.69) is 0 Å². The second-order valence-corrected chi connectivity index (χ2v) is 8.83. The molecule has 0 saturated carbocycles. The molecule has 0 N–H and O–H groups in total. The summed E-state index contributed by atoms with van der Waals surface area (Å²) in [6.45, 7) is 11.0. The number of methoxy groups -OCH3 is 1. The highest BCUT2D eigenvalue weighted by Gasteiger charge is 2.45. The summed E-state index contributed by atoms with van der Waals surface area (Å²) in [6, 6.07) is 7.11. The van der Waals surface area contributed by atoms with E-state index < -0.39 is 23.2 Å². The molecular weight excluding hydrogens is 382 g/mol. The number of benzene rings is 1. The second kappa shape index (κ2) is 10.1. The van der Waals surface area contributed by atoms with Crippen molar-refractivity contribution in [2.24, 2.45) is 5.92 Å². The van der Waals surface area contributed by atoms with Gasteiger partial charge in [-0.15, -0.1) is 0 Å². The lowest BCUT2D eigenvalue weighted by molar-refractivity contribution is -0.161. The maximum absolute atomic E-state index is 13.1. The van der Waals surface area contributed by atoms with Gasteiger partial charge in [-0.25, -0.2) is 9.59 Å². The molecule has 6 nitrogen and oxygen atoms in total. The van der Waals surface area contributed by atoms with E-state index in [1.165, 1.54) is 12.0 Å². The van der Waals surface area contributed by atoms with Crippen molar-refractivity contribution in [3.8, 4) is 0 Å². The Bertz CT molecular complexity index is 654. The minimum absolute atomic E-state index is 0.115. The first-order chi connectivity index (χ1) is 12.9. The van der Waals surface area contributed by atoms with Crippen molar-refractivity contribution < 1.29 is 23.8 Å². The molecule has 1 rings (SSSR count). The first kappa shape index (κ1) is 24.2. The van der Waals surface area contributed by atoms with Crippen LogP contribution in [0, 0.1) is 5.92 Å². The largest absolute Gasteiger partial charge is 0.464 e. The van der Waals surface area contributed by atoms with Crippen LogP contribution in [-0.4, -0.2) is 48.5 Å². The minimum atomic E-state index is -1.32. The molecule has 1 aromatic rings. The summed E-state index contributed by atoms with van der Waals surface area (Å²) in [4.78, 5) is 27.2. The van der Waals surface area contributed by atoms with Gasteiger partial charge in [0.1, 0.15) is 17.9 Å². The number of hydrogen-bond donors (Lipinski definition) is 0. The molecule has 7 heteroatoms. The van der Waals surface area contributed by atoms with E-state index in [0.29, 0.717) is 5.02 Å². The van der Waals surface area contributed by atoms with Gasteiger partial charge in [-0.3, -0.25) is 4.90 Å². The normalized spacial score (nSPS) is 13.8. The molecule has 0 heterocycles. The molecule has 0 aliphatic heterocycles. The van der Waals surface area contributed by atoms with Gasteiger partial charge in [-0.05, 0) is 51.3 Å². The minimum Gasteiger partial charge on any atom is -0.464 e. The quantitative estimate of drug-likeness (QED) is 0.457. The Morgan fingerprint density at radius 2 is 1.68 bits per heavy atom. The Kier molecular flexibility index (Phi) is 8.76. The van der Waals surface area contributed by atoms with Crippen molar-refractivity contribution in [3.05, 3.63) is 34.9 Å². The van der Waals surface area contributed by atoms with Crippen LogP contribution in [0.25, 0.3) is 0 Å². The Labute approximate surface area is 173 Å². The van der Waals surface area contributed by atoms with Gasteiger partial charge in [0.25, 0.3) is 0 Å². The molecular formula is C21H32ClNO5. The van der Waals surface area contributed by atoms with Crippen molar-refractivity contribution in [2.45, 2.75) is 59.1 Å². The smallest absolute Gasteiger partial charge is 0.413 e. The lowest BCUT2D eigenvalue weighted by Gasteiger charge is -2.39. The molecule has 0 aromatic heterocycles. The van der Waals surface area contributed by atoms with Crippen LogP contribution in [0.1, 0.15) is 47.1 Å². The lowest BCUT2D eigenvalue weighted by atomic mass is 9.91. The van der Waals surface area contributed by atoms with E-state index in [9.17, 15) is 9.59 Å². The molecule has 1 aromatic carbocycles. The van der Waals surface area contributed by atoms with Gasteiger partial charge in [0.05, 0.1) is 6.61 Å². The Balaban J connectivity index is 3.28. The van der Waals surface area contributed by atoms with E-state index in [-0.39, 0.29) is 25.7 Å². The standard InChI is InChI=1S/C21H32ClNO5/c1-15(2)13-27-18(24)21(6,12-16-8-10-17(22)11-9-16)23(14-26-7)19(25)28-20(3,4)5/h8-11,15H,12-14H2,1-7H3/t21-/m0/s1. The highest BCUT2D eigenvalue weighted by atomic mass is 35.5. The Morgan fingerprint density at radius 3 is 2.14 bits per heavy atom. The Hall–Kier alpha value is -1.79. The fraction of sp³-hybridized carbons (Fsp3) is 0.619. The topological polar surface area (TPSA) is 65.1 Å². The first-order valence-electron chi connectivity index (χ1n) is 9.30. The zero-order chi connectivity index (χ0) is 21.5. The summed E-state index contributed by atoms with van der Waals surface area (Å²) in [5, 5.41) is 0.591. The molecule has 28 heavy (non-hydrogen) atoms. The van der Waals surface area contributed by atoms with Crippen molar-refractivity contribution in [1.29, 1.82) is 0 Å². The predicted molar refractivity (Wildman–Crippen MR) is 109 cm³/mol. The summed E-state index contributed by atoms with van der Waals surface area (Å²) < 4.78 is 16.2. The van der Waals surface area contributed by atoms with Crippen LogP contribution >= 0.6 is 11.6 Å². The second-order valence-electron chi connectivity index (χ2n) is 8.40. The van der Waals surface area contributed by atoms with Crippen LogP contribution in [0.5, 0.6) is 0 Å². The third kappa shape index (κ3) is 7.32. The van der Waals surface area contributed by atoms with Gasteiger partial charge in [-0.1, -0.05) is 37.6 Å². The van der Waals surface area contributed by atoms with Gasteiger partial charge in [0.15, 0.2) is 0 Å². The van der Waals surface area contributed by atoms with Crippen LogP contribution in [0.2, 0.25) is 5.02 Å². The van der Waals surface area contributed by atoms with Gasteiger partial charge in [-0.2, -0.15) is 0 Å². The lowest BCUT2D eigenvalue weighted by Crippen LogP contribution is -2.58. The molecule has 0 aliphatic carbocycles. The van der Waals surface area contributed by atoms with E-state index in [0.717, 1.165) is 5.56 Å². The Morgan fingerprint density at radius 1 is 1.11 bits per heavy atom. The summed E-state index contributed by atoms with van der Waals surface area (Å²) in [7, 11) is 1.46. The molecule has 0 saturated heterocycles. The van der Waals surface area contributed by atoms with Crippen LogP contribution in [0.15, 0.2) is 24.3 Å². The third-order valence-electron chi connectivity index (χ3n) is 3.92. The number of hydrogen-bond acceptors (Lipinski definition) is 5. The van der Waals surface area contributed by atoms with Gasteiger partial charge < -0.3 is 14.2 Å². The average Bonchev–Trinajstić information content (AvgIpc) is 2.57. The average molecular weight is 414 g/mol. The highest BCUT2D eigenvalue weighted by molar-refractivity contribution is 6.30. The number of rotatable bonds is 8. The van der Waals surface area contributed by atoms with Crippen LogP contribution in [0.4, 0.5) is 4.79 Å². The SMILES string of the molecule is COCN(C(=O)OC(C)(C)C)[C@@](C)(Cc1ccc(Cl)cc1)C(=O)OCC(C)C. The molecule has 0 radical (unpaired) electrons. The zero-order valence-corrected chi connectivity index (χ0v) is 18.6. The van der Waals surface area contributed by atoms with Gasteiger partial charge in [0.2, 0.25) is 0 Å². The summed E-state index contributed by atoms with van der Waals surface area (Å²) >= 11 is 5.97. The molecule has 0 fully saturated rings. The van der Waals surface area contributed by atoms with Gasteiger partial charge >= 0.3 is 12.1 Å². The molecule has 158 valence electrons. The molecule has 1 atom stereocenters. The van der Waals surface area contributed by atoms with Crippen LogP contribution in [0.3, 0.4) is 0 Å². The number of nitrogens with zero attached hydrogens (tertiary/aromatic N) is 1. The summed E-state index contributed by atoms with van der Waals surface area (Å²) in [5.74, 6) is -0.347. The highest BCUT2D eigenvalue weighted by Crippen LogP contribution is 2.26. The molecule has 1 amide bonds. The first-order valence-corrected chi connectivity index (χ1v) is 9.68. The van der Waals surface area contributed by atoms with E-state index >= 15 is 0 Å². The van der Waals surface area contributed by atoms with E-state index in [1.54, 1.807) is 39.8 Å². The maximum Gasteiger partial charge on any atom is 0.413 e. The van der Waals surface area contributed by atoms with Crippen molar-refractivity contribution in [3.63, 3.8) is 0 Å². The van der Waals surface area contributed by atoms with Crippen molar-refractivity contribution in [1.82, 2.24) is 4.90 Å². The summed E-state index contributed by atoms with van der Waals surface area (Å²) in [5.41, 5.74) is -1.20. The molecule has 0 unspecified atom stereocenters. The number of ether oxygens (including phenoxy) is 3. The van der Waals surface area contributed by atoms with E-state index in [1.807, 2.05) is 26.0 Å². The monoisotopic (exact) mass is 413 g/mol. The predicted octanol–water partition coefficient (Wildman–Crippen LogP) is 4.68. The number of halogens is 1. The van der Waals surface area contributed by atoms with Crippen LogP contribution in [-0.2, 0) is 25.4 Å². The third-order valence-corrected chi connectivity index (χ3v) is 4.17. The number of amides is 1. The molecule has 0 spiro atoms. The van der Waals surface area contributed by atoms with Gasteiger partial charge in [0, 0.05) is 18.6 Å². The van der Waals surface area contributed by atoms with E-state index in [4.69, 9.17) is 25.8 Å². The van der Waals surface area contributed by atoms with Crippen molar-refractivity contribution in [2.75, 3.05) is 20.4 Å². The fourth-order valence-corrected chi connectivity index (χ4v) is 2.64. The maximum atomic E-state index is 13.1. The summed E-state index contributed by atoms with van der Waals surface area (Å²) in [6.07, 6.45) is -0.420. The molecule has 0 bridgehead atoms.